The molecule has 0 bridgehead atoms. The third kappa shape index (κ3) is 8.59. The predicted octanol–water partition coefficient (Wildman–Crippen LogP) is 1.76. The van der Waals surface area contributed by atoms with Crippen LogP contribution >= 0.6 is 0 Å². The maximum atomic E-state index is 11.8. The van der Waals surface area contributed by atoms with Gasteiger partial charge in [-0.05, 0) is 32.1 Å². The normalized spacial score (nSPS) is 15.9. The van der Waals surface area contributed by atoms with Crippen molar-refractivity contribution >= 4 is 11.9 Å². The van der Waals surface area contributed by atoms with Crippen LogP contribution in [0.3, 0.4) is 0 Å². The summed E-state index contributed by atoms with van der Waals surface area (Å²) >= 11 is 0. The zero-order valence-electron chi connectivity index (χ0n) is 12.5. The molecule has 0 aliphatic heterocycles. The van der Waals surface area contributed by atoms with Crippen LogP contribution in [0.2, 0.25) is 0 Å². The van der Waals surface area contributed by atoms with Gasteiger partial charge in [0.2, 0.25) is 5.91 Å². The molecular weight excluding hydrogens is 244 g/mol. The first-order valence-corrected chi connectivity index (χ1v) is 7.02. The maximum Gasteiger partial charge on any atom is 0.306 e. The van der Waals surface area contributed by atoms with Crippen molar-refractivity contribution in [2.45, 2.75) is 65.5 Å². The van der Waals surface area contributed by atoms with E-state index in [-0.39, 0.29) is 17.9 Å². The van der Waals surface area contributed by atoms with Crippen LogP contribution in [0, 0.1) is 11.8 Å². The Hall–Kier alpha value is -1.10. The summed E-state index contributed by atoms with van der Waals surface area (Å²) in [6, 6.07) is -0.424. The predicted molar refractivity (Wildman–Crippen MR) is 75.7 cm³/mol. The number of nitrogens with one attached hydrogen (secondary N) is 1. The summed E-state index contributed by atoms with van der Waals surface area (Å²) in [5.41, 5.74) is 5.79. The van der Waals surface area contributed by atoms with E-state index >= 15 is 0 Å². The van der Waals surface area contributed by atoms with E-state index in [1.807, 2.05) is 20.8 Å². The van der Waals surface area contributed by atoms with Gasteiger partial charge in [-0.25, -0.2) is 0 Å². The van der Waals surface area contributed by atoms with Crippen LogP contribution in [0.5, 0.6) is 0 Å². The van der Waals surface area contributed by atoms with Gasteiger partial charge >= 0.3 is 5.97 Å². The van der Waals surface area contributed by atoms with E-state index < -0.39 is 12.0 Å². The molecule has 0 aromatic rings. The highest BCUT2D eigenvalue weighted by molar-refractivity contribution is 5.81. The molecule has 5 heteroatoms. The molecule has 0 radical (unpaired) electrons. The van der Waals surface area contributed by atoms with E-state index in [2.05, 4.69) is 5.32 Å². The smallest absolute Gasteiger partial charge is 0.306 e. The Morgan fingerprint density at radius 1 is 1.16 bits per heavy atom. The summed E-state index contributed by atoms with van der Waals surface area (Å²) in [5.74, 6) is -0.818. The minimum atomic E-state index is -0.768. The van der Waals surface area contributed by atoms with Gasteiger partial charge in [-0.1, -0.05) is 27.2 Å². The average Bonchev–Trinajstić information content (AvgIpc) is 2.27. The second-order valence-electron chi connectivity index (χ2n) is 5.82. The van der Waals surface area contributed by atoms with Gasteiger partial charge in [0.1, 0.15) is 0 Å². The Labute approximate surface area is 115 Å². The van der Waals surface area contributed by atoms with Crippen molar-refractivity contribution in [1.82, 2.24) is 5.32 Å². The first-order chi connectivity index (χ1) is 8.73. The zero-order chi connectivity index (χ0) is 15.0. The Kier molecular flexibility index (Phi) is 8.39. The van der Waals surface area contributed by atoms with Crippen LogP contribution in [0.15, 0.2) is 0 Å². The molecule has 5 nitrogen and oxygen atoms in total. The first-order valence-electron chi connectivity index (χ1n) is 7.02. The van der Waals surface area contributed by atoms with E-state index in [1.165, 1.54) is 0 Å². The summed E-state index contributed by atoms with van der Waals surface area (Å²) in [6.45, 7) is 7.68. The topological polar surface area (TPSA) is 92.4 Å². The average molecular weight is 272 g/mol. The lowest BCUT2D eigenvalue weighted by Crippen LogP contribution is -2.45. The van der Waals surface area contributed by atoms with E-state index in [9.17, 15) is 9.59 Å². The first kappa shape index (κ1) is 17.9. The molecule has 0 heterocycles. The number of carbonyl (C=O) groups is 2. The number of nitrogens with two attached hydrogens (primary N) is 1. The molecule has 0 aliphatic rings. The minimum Gasteiger partial charge on any atom is -0.481 e. The Morgan fingerprint density at radius 2 is 1.74 bits per heavy atom. The number of rotatable bonds is 9. The molecule has 4 N–H and O–H groups in total. The molecule has 0 saturated carbocycles. The fourth-order valence-corrected chi connectivity index (χ4v) is 1.89. The number of carboxylic acids is 1. The summed E-state index contributed by atoms with van der Waals surface area (Å²) in [6.07, 6.45) is 2.87. The standard InChI is InChI=1S/C14H28N2O3/c1-9(2)8-12(15)13(17)16-11(4)7-5-6-10(3)14(18)19/h9-12H,5-8,15H2,1-4H3,(H,16,17)(H,18,19). The van der Waals surface area contributed by atoms with Crippen LogP contribution < -0.4 is 11.1 Å². The molecule has 0 rings (SSSR count). The molecule has 0 spiro atoms. The van der Waals surface area contributed by atoms with Gasteiger partial charge < -0.3 is 16.2 Å². The maximum absolute atomic E-state index is 11.8. The molecule has 0 aromatic carbocycles. The van der Waals surface area contributed by atoms with Gasteiger partial charge in [0.15, 0.2) is 0 Å². The van der Waals surface area contributed by atoms with Gasteiger partial charge in [-0.15, -0.1) is 0 Å². The van der Waals surface area contributed by atoms with Crippen LogP contribution in [0.1, 0.15) is 53.4 Å². The molecule has 0 fully saturated rings. The van der Waals surface area contributed by atoms with Gasteiger partial charge in [-0.2, -0.15) is 0 Å². The molecule has 3 atom stereocenters. The minimum absolute atomic E-state index is 0.0340. The van der Waals surface area contributed by atoms with Crippen molar-refractivity contribution in [3.63, 3.8) is 0 Å². The zero-order valence-corrected chi connectivity index (χ0v) is 12.5. The van der Waals surface area contributed by atoms with Crippen molar-refractivity contribution in [2.75, 3.05) is 0 Å². The lowest BCUT2D eigenvalue weighted by molar-refractivity contribution is -0.141. The number of amides is 1. The monoisotopic (exact) mass is 272 g/mol. The summed E-state index contributed by atoms with van der Waals surface area (Å²) in [4.78, 5) is 22.4. The van der Waals surface area contributed by atoms with Crippen molar-refractivity contribution in [3.8, 4) is 0 Å². The fraction of sp³-hybridized carbons (Fsp3) is 0.857. The number of hydrogen-bond donors (Lipinski definition) is 3. The molecule has 3 unspecified atom stereocenters. The highest BCUT2D eigenvalue weighted by Crippen LogP contribution is 2.10. The quantitative estimate of drug-likeness (QED) is 0.596. The second-order valence-corrected chi connectivity index (χ2v) is 5.82. The third-order valence-electron chi connectivity index (χ3n) is 3.15. The largest absolute Gasteiger partial charge is 0.481 e. The Morgan fingerprint density at radius 3 is 2.21 bits per heavy atom. The van der Waals surface area contributed by atoms with Crippen LogP contribution in [-0.2, 0) is 9.59 Å². The SMILES string of the molecule is CC(C)CC(N)C(=O)NC(C)CCCC(C)C(=O)O. The Bertz CT molecular complexity index is 292. The lowest BCUT2D eigenvalue weighted by atomic mass is 10.0. The van der Waals surface area contributed by atoms with Crippen molar-refractivity contribution < 1.29 is 14.7 Å². The highest BCUT2D eigenvalue weighted by atomic mass is 16.4. The lowest BCUT2D eigenvalue weighted by Gasteiger charge is -2.19. The molecule has 1 amide bonds. The molecular formula is C14H28N2O3. The molecule has 0 aliphatic carbocycles. The highest BCUT2D eigenvalue weighted by Gasteiger charge is 2.17. The number of carbonyl (C=O) groups excluding carboxylic acids is 1. The van der Waals surface area contributed by atoms with Gasteiger partial charge in [0, 0.05) is 6.04 Å². The summed E-state index contributed by atoms with van der Waals surface area (Å²) in [7, 11) is 0. The van der Waals surface area contributed by atoms with Crippen molar-refractivity contribution in [2.24, 2.45) is 17.6 Å². The van der Waals surface area contributed by atoms with E-state index in [0.717, 1.165) is 12.8 Å². The van der Waals surface area contributed by atoms with Gasteiger partial charge in [0.25, 0.3) is 0 Å². The molecule has 0 aromatic heterocycles. The summed E-state index contributed by atoms with van der Waals surface area (Å²) < 4.78 is 0. The molecule has 19 heavy (non-hydrogen) atoms. The van der Waals surface area contributed by atoms with Crippen molar-refractivity contribution in [1.29, 1.82) is 0 Å². The number of aliphatic carboxylic acids is 1. The Balaban J connectivity index is 3.88. The van der Waals surface area contributed by atoms with Crippen molar-refractivity contribution in [3.05, 3.63) is 0 Å². The van der Waals surface area contributed by atoms with E-state index in [0.29, 0.717) is 18.8 Å². The van der Waals surface area contributed by atoms with Gasteiger partial charge in [-0.3, -0.25) is 9.59 Å². The van der Waals surface area contributed by atoms with Crippen LogP contribution in [0.4, 0.5) is 0 Å². The third-order valence-corrected chi connectivity index (χ3v) is 3.15. The molecule has 0 saturated heterocycles. The van der Waals surface area contributed by atoms with Gasteiger partial charge in [0.05, 0.1) is 12.0 Å². The van der Waals surface area contributed by atoms with Crippen LogP contribution in [0.25, 0.3) is 0 Å². The number of hydrogen-bond acceptors (Lipinski definition) is 3. The molecule has 112 valence electrons. The fourth-order valence-electron chi connectivity index (χ4n) is 1.89. The second kappa shape index (κ2) is 8.91. The number of carboxylic acid groups (broad SMARTS) is 1. The van der Waals surface area contributed by atoms with E-state index in [1.54, 1.807) is 6.92 Å². The van der Waals surface area contributed by atoms with Crippen LogP contribution in [-0.4, -0.2) is 29.1 Å². The van der Waals surface area contributed by atoms with E-state index in [4.69, 9.17) is 10.8 Å². The summed E-state index contributed by atoms with van der Waals surface area (Å²) in [5, 5.41) is 11.6.